The number of hydrogen-bond donors (Lipinski definition) is 2. The third-order valence-electron chi connectivity index (χ3n) is 2.13. The molecule has 0 heterocycles. The summed E-state index contributed by atoms with van der Waals surface area (Å²) in [6.45, 7) is 7.38. The SMILES string of the molecule is C=CCc1cc(CC=C)c(N)cc1N. The zero-order valence-electron chi connectivity index (χ0n) is 8.29. The Kier molecular flexibility index (Phi) is 3.35. The number of nitrogen functional groups attached to an aromatic ring is 2. The first-order chi connectivity index (χ1) is 6.69. The Balaban J connectivity index is 3.11. The molecule has 2 heteroatoms. The van der Waals surface area contributed by atoms with Crippen molar-refractivity contribution in [3.63, 3.8) is 0 Å². The van der Waals surface area contributed by atoms with Crippen molar-refractivity contribution in [2.24, 2.45) is 0 Å². The second-order valence-electron chi connectivity index (χ2n) is 3.24. The van der Waals surface area contributed by atoms with Gasteiger partial charge in [0.05, 0.1) is 0 Å². The van der Waals surface area contributed by atoms with Gasteiger partial charge in [-0.05, 0) is 30.0 Å². The van der Waals surface area contributed by atoms with Crippen molar-refractivity contribution in [1.29, 1.82) is 0 Å². The van der Waals surface area contributed by atoms with Crippen LogP contribution < -0.4 is 11.5 Å². The average Bonchev–Trinajstić information content (AvgIpc) is 2.14. The zero-order chi connectivity index (χ0) is 10.6. The molecular weight excluding hydrogens is 172 g/mol. The summed E-state index contributed by atoms with van der Waals surface area (Å²) in [7, 11) is 0. The van der Waals surface area contributed by atoms with Gasteiger partial charge in [-0.3, -0.25) is 0 Å². The predicted octanol–water partition coefficient (Wildman–Crippen LogP) is 2.31. The highest BCUT2D eigenvalue weighted by Gasteiger charge is 2.03. The van der Waals surface area contributed by atoms with Crippen molar-refractivity contribution in [3.05, 3.63) is 48.6 Å². The van der Waals surface area contributed by atoms with E-state index in [0.717, 1.165) is 35.3 Å². The zero-order valence-corrected chi connectivity index (χ0v) is 8.29. The molecule has 0 fully saturated rings. The van der Waals surface area contributed by atoms with Crippen LogP contribution >= 0.6 is 0 Å². The van der Waals surface area contributed by atoms with Crippen LogP contribution in [0.3, 0.4) is 0 Å². The van der Waals surface area contributed by atoms with Gasteiger partial charge in [-0.15, -0.1) is 13.2 Å². The highest BCUT2D eigenvalue weighted by molar-refractivity contribution is 5.62. The second-order valence-corrected chi connectivity index (χ2v) is 3.24. The van der Waals surface area contributed by atoms with E-state index in [1.165, 1.54) is 0 Å². The van der Waals surface area contributed by atoms with Crippen LogP contribution in [-0.2, 0) is 12.8 Å². The Bertz CT molecular complexity index is 322. The van der Waals surface area contributed by atoms with Gasteiger partial charge in [0.15, 0.2) is 0 Å². The van der Waals surface area contributed by atoms with Gasteiger partial charge in [-0.25, -0.2) is 0 Å². The molecule has 0 spiro atoms. The minimum Gasteiger partial charge on any atom is -0.398 e. The molecule has 1 aromatic rings. The Labute approximate surface area is 84.9 Å². The minimum atomic E-state index is 0.732. The predicted molar refractivity (Wildman–Crippen MR) is 63.1 cm³/mol. The summed E-state index contributed by atoms with van der Waals surface area (Å²) in [5.74, 6) is 0. The molecule has 0 bridgehead atoms. The highest BCUT2D eigenvalue weighted by atomic mass is 14.6. The lowest BCUT2D eigenvalue weighted by atomic mass is 10.0. The van der Waals surface area contributed by atoms with E-state index in [4.69, 9.17) is 11.5 Å². The molecule has 2 nitrogen and oxygen atoms in total. The van der Waals surface area contributed by atoms with Gasteiger partial charge in [0, 0.05) is 11.4 Å². The molecule has 0 aliphatic rings. The Morgan fingerprint density at radius 3 is 1.71 bits per heavy atom. The van der Waals surface area contributed by atoms with E-state index in [1.54, 1.807) is 6.07 Å². The second kappa shape index (κ2) is 4.51. The van der Waals surface area contributed by atoms with E-state index in [0.29, 0.717) is 0 Å². The Hall–Kier alpha value is -1.70. The van der Waals surface area contributed by atoms with Crippen molar-refractivity contribution in [2.45, 2.75) is 12.8 Å². The largest absolute Gasteiger partial charge is 0.398 e. The van der Waals surface area contributed by atoms with E-state index in [-0.39, 0.29) is 0 Å². The highest BCUT2D eigenvalue weighted by Crippen LogP contribution is 2.22. The van der Waals surface area contributed by atoms with Crippen LogP contribution in [0.4, 0.5) is 11.4 Å². The van der Waals surface area contributed by atoms with E-state index >= 15 is 0 Å². The fraction of sp³-hybridized carbons (Fsp3) is 0.167. The summed E-state index contributed by atoms with van der Waals surface area (Å²) in [6, 6.07) is 3.83. The lowest BCUT2D eigenvalue weighted by molar-refractivity contribution is 1.21. The number of allylic oxidation sites excluding steroid dienone is 2. The third-order valence-corrected chi connectivity index (χ3v) is 2.13. The molecule has 1 aromatic carbocycles. The van der Waals surface area contributed by atoms with Crippen LogP contribution in [0.1, 0.15) is 11.1 Å². The van der Waals surface area contributed by atoms with Crippen molar-refractivity contribution in [1.82, 2.24) is 0 Å². The molecule has 0 unspecified atom stereocenters. The molecule has 74 valence electrons. The molecule has 0 saturated heterocycles. The monoisotopic (exact) mass is 188 g/mol. The molecule has 14 heavy (non-hydrogen) atoms. The van der Waals surface area contributed by atoms with Crippen LogP contribution in [0.25, 0.3) is 0 Å². The van der Waals surface area contributed by atoms with Crippen LogP contribution in [0, 0.1) is 0 Å². The summed E-state index contributed by atoms with van der Waals surface area (Å²) >= 11 is 0. The molecular formula is C12H16N2. The molecule has 0 aliphatic heterocycles. The maximum Gasteiger partial charge on any atom is 0.0370 e. The molecule has 0 saturated carbocycles. The summed E-state index contributed by atoms with van der Waals surface area (Å²) in [4.78, 5) is 0. The molecule has 4 N–H and O–H groups in total. The molecule has 0 amide bonds. The van der Waals surface area contributed by atoms with Gasteiger partial charge < -0.3 is 11.5 Å². The molecule has 0 atom stereocenters. The smallest absolute Gasteiger partial charge is 0.0370 e. The summed E-state index contributed by atoms with van der Waals surface area (Å²) in [5.41, 5.74) is 15.3. The first kappa shape index (κ1) is 10.4. The van der Waals surface area contributed by atoms with Crippen molar-refractivity contribution in [2.75, 3.05) is 11.5 Å². The quantitative estimate of drug-likeness (QED) is 0.562. The number of benzene rings is 1. The first-order valence-electron chi connectivity index (χ1n) is 4.57. The third kappa shape index (κ3) is 2.16. The topological polar surface area (TPSA) is 52.0 Å². The van der Waals surface area contributed by atoms with Gasteiger partial charge in [-0.2, -0.15) is 0 Å². The summed E-state index contributed by atoms with van der Waals surface area (Å²) in [5, 5.41) is 0. The fourth-order valence-electron chi connectivity index (χ4n) is 1.39. The molecule has 0 aromatic heterocycles. The number of rotatable bonds is 4. The van der Waals surface area contributed by atoms with Gasteiger partial charge in [0.2, 0.25) is 0 Å². The number of hydrogen-bond acceptors (Lipinski definition) is 2. The maximum atomic E-state index is 5.82. The van der Waals surface area contributed by atoms with Crippen LogP contribution in [0.5, 0.6) is 0 Å². The minimum absolute atomic E-state index is 0.732. The average molecular weight is 188 g/mol. The van der Waals surface area contributed by atoms with Gasteiger partial charge in [0.25, 0.3) is 0 Å². The van der Waals surface area contributed by atoms with E-state index < -0.39 is 0 Å². The Morgan fingerprint density at radius 2 is 1.36 bits per heavy atom. The maximum absolute atomic E-state index is 5.82. The van der Waals surface area contributed by atoms with Crippen LogP contribution in [0.2, 0.25) is 0 Å². The fourth-order valence-corrected chi connectivity index (χ4v) is 1.39. The number of anilines is 2. The Morgan fingerprint density at radius 1 is 0.929 bits per heavy atom. The molecule has 1 rings (SSSR count). The van der Waals surface area contributed by atoms with Crippen molar-refractivity contribution >= 4 is 11.4 Å². The number of nitrogens with two attached hydrogens (primary N) is 2. The summed E-state index contributed by atoms with van der Waals surface area (Å²) < 4.78 is 0. The van der Waals surface area contributed by atoms with Crippen LogP contribution in [-0.4, -0.2) is 0 Å². The van der Waals surface area contributed by atoms with Crippen molar-refractivity contribution < 1.29 is 0 Å². The van der Waals surface area contributed by atoms with Crippen LogP contribution in [0.15, 0.2) is 37.4 Å². The lowest BCUT2D eigenvalue weighted by Crippen LogP contribution is -2.00. The van der Waals surface area contributed by atoms with Gasteiger partial charge in [0.1, 0.15) is 0 Å². The first-order valence-corrected chi connectivity index (χ1v) is 4.57. The van der Waals surface area contributed by atoms with Gasteiger partial charge >= 0.3 is 0 Å². The lowest BCUT2D eigenvalue weighted by Gasteiger charge is -2.09. The van der Waals surface area contributed by atoms with E-state index in [9.17, 15) is 0 Å². The van der Waals surface area contributed by atoms with Crippen molar-refractivity contribution in [3.8, 4) is 0 Å². The normalized spacial score (nSPS) is 9.71. The summed E-state index contributed by atoms with van der Waals surface area (Å²) in [6.07, 6.45) is 5.21. The van der Waals surface area contributed by atoms with E-state index in [2.05, 4.69) is 13.2 Å². The molecule has 0 aliphatic carbocycles. The molecule has 0 radical (unpaired) electrons. The van der Waals surface area contributed by atoms with E-state index in [1.807, 2.05) is 18.2 Å². The van der Waals surface area contributed by atoms with Gasteiger partial charge in [-0.1, -0.05) is 18.2 Å². The standard InChI is InChI=1S/C12H16N2/c1-3-5-9-7-10(6-4-2)12(14)8-11(9)13/h3-4,7-8H,1-2,5-6,13-14H2.